The Morgan fingerprint density at radius 3 is 2.29 bits per heavy atom. The fourth-order valence-electron chi connectivity index (χ4n) is 1.50. The number of benzene rings is 1. The van der Waals surface area contributed by atoms with E-state index in [2.05, 4.69) is 36.4 Å². The lowest BCUT2D eigenvalue weighted by Gasteiger charge is -2.20. The van der Waals surface area contributed by atoms with Gasteiger partial charge < -0.3 is 10.6 Å². The van der Waals surface area contributed by atoms with Crippen molar-refractivity contribution in [3.8, 4) is 0 Å². The van der Waals surface area contributed by atoms with Gasteiger partial charge >= 0.3 is 0 Å². The molecule has 0 fully saturated rings. The van der Waals surface area contributed by atoms with Crippen LogP contribution in [0.15, 0.2) is 29.3 Å². The van der Waals surface area contributed by atoms with Gasteiger partial charge in [0.15, 0.2) is 5.96 Å². The number of aliphatic imine (C=N–C) groups is 1. The number of hydrogen-bond acceptors (Lipinski definition) is 3. The van der Waals surface area contributed by atoms with Crippen LogP contribution in [-0.2, 0) is 6.54 Å². The van der Waals surface area contributed by atoms with E-state index in [1.165, 1.54) is 12.1 Å². The second kappa shape index (κ2) is 9.54. The number of guanidine groups is 1. The highest BCUT2D eigenvalue weighted by molar-refractivity contribution is 14.0. The standard InChI is InChI=1S/C14H22N4O2.HI/c1-10(2)11(3)17-14(15-4)16-9-12-5-7-13(8-6-12)18(19)20;/h5-8,10-11H,9H2,1-4H3,(H2,15,16,17);1H. The SMILES string of the molecule is CN=C(NCc1ccc([N+](=O)[O-])cc1)NC(C)C(C)C.I. The van der Waals surface area contributed by atoms with E-state index in [1.54, 1.807) is 19.2 Å². The Morgan fingerprint density at radius 1 is 1.29 bits per heavy atom. The Hall–Kier alpha value is -1.38. The van der Waals surface area contributed by atoms with Gasteiger partial charge in [-0.05, 0) is 18.4 Å². The number of halogens is 1. The van der Waals surface area contributed by atoms with Gasteiger partial charge in [0.1, 0.15) is 0 Å². The summed E-state index contributed by atoms with van der Waals surface area (Å²) in [5.74, 6) is 1.23. The number of non-ortho nitro benzene ring substituents is 1. The number of rotatable bonds is 5. The van der Waals surface area contributed by atoms with E-state index < -0.39 is 4.92 Å². The van der Waals surface area contributed by atoms with Crippen LogP contribution in [0.2, 0.25) is 0 Å². The lowest BCUT2D eigenvalue weighted by atomic mass is 10.1. The van der Waals surface area contributed by atoms with Crippen LogP contribution < -0.4 is 10.6 Å². The van der Waals surface area contributed by atoms with Gasteiger partial charge in [0.25, 0.3) is 5.69 Å². The molecule has 6 nitrogen and oxygen atoms in total. The van der Waals surface area contributed by atoms with E-state index >= 15 is 0 Å². The predicted molar refractivity (Wildman–Crippen MR) is 96.1 cm³/mol. The largest absolute Gasteiger partial charge is 0.354 e. The normalized spacial score (nSPS) is 12.5. The van der Waals surface area contributed by atoms with Crippen LogP contribution in [0.4, 0.5) is 5.69 Å². The molecule has 1 unspecified atom stereocenters. The molecule has 0 aliphatic carbocycles. The molecule has 0 aliphatic rings. The summed E-state index contributed by atoms with van der Waals surface area (Å²) in [7, 11) is 1.72. The molecule has 1 aromatic rings. The maximum atomic E-state index is 10.6. The van der Waals surface area contributed by atoms with Crippen LogP contribution in [0, 0.1) is 16.0 Å². The number of nitrogens with zero attached hydrogens (tertiary/aromatic N) is 2. The van der Waals surface area contributed by atoms with Crippen molar-refractivity contribution in [2.45, 2.75) is 33.4 Å². The van der Waals surface area contributed by atoms with Crippen LogP contribution >= 0.6 is 24.0 Å². The summed E-state index contributed by atoms with van der Waals surface area (Å²) in [5.41, 5.74) is 1.07. The van der Waals surface area contributed by atoms with Gasteiger partial charge in [0.2, 0.25) is 0 Å². The fraction of sp³-hybridized carbons (Fsp3) is 0.500. The lowest BCUT2D eigenvalue weighted by molar-refractivity contribution is -0.384. The van der Waals surface area contributed by atoms with E-state index in [-0.39, 0.29) is 29.7 Å². The monoisotopic (exact) mass is 406 g/mol. The van der Waals surface area contributed by atoms with E-state index in [1.807, 2.05) is 0 Å². The maximum absolute atomic E-state index is 10.6. The molecule has 0 aromatic heterocycles. The summed E-state index contributed by atoms with van der Waals surface area (Å²) in [6, 6.07) is 6.81. The molecule has 1 rings (SSSR count). The number of nitrogens with one attached hydrogen (secondary N) is 2. The van der Waals surface area contributed by atoms with Crippen LogP contribution in [-0.4, -0.2) is 24.0 Å². The number of nitro benzene ring substituents is 1. The van der Waals surface area contributed by atoms with Crippen molar-refractivity contribution in [2.24, 2.45) is 10.9 Å². The maximum Gasteiger partial charge on any atom is 0.269 e. The molecule has 0 saturated heterocycles. The fourth-order valence-corrected chi connectivity index (χ4v) is 1.50. The molecular weight excluding hydrogens is 383 g/mol. The zero-order valence-corrected chi connectivity index (χ0v) is 15.1. The van der Waals surface area contributed by atoms with Crippen molar-refractivity contribution in [1.29, 1.82) is 0 Å². The minimum Gasteiger partial charge on any atom is -0.354 e. The molecule has 0 spiro atoms. The third kappa shape index (κ3) is 6.74. The van der Waals surface area contributed by atoms with E-state index in [0.717, 1.165) is 11.5 Å². The van der Waals surface area contributed by atoms with Crippen molar-refractivity contribution >= 4 is 35.6 Å². The number of hydrogen-bond donors (Lipinski definition) is 2. The highest BCUT2D eigenvalue weighted by Gasteiger charge is 2.09. The average molecular weight is 406 g/mol. The van der Waals surface area contributed by atoms with Crippen LogP contribution in [0.25, 0.3) is 0 Å². The molecule has 0 bridgehead atoms. The Labute approximate surface area is 142 Å². The predicted octanol–water partition coefficient (Wildman–Crippen LogP) is 2.92. The summed E-state index contributed by atoms with van der Waals surface area (Å²) in [5, 5.41) is 17.1. The molecule has 21 heavy (non-hydrogen) atoms. The molecule has 2 N–H and O–H groups in total. The highest BCUT2D eigenvalue weighted by Crippen LogP contribution is 2.11. The molecule has 0 saturated carbocycles. The van der Waals surface area contributed by atoms with E-state index in [0.29, 0.717) is 18.5 Å². The average Bonchev–Trinajstić information content (AvgIpc) is 2.43. The summed E-state index contributed by atoms with van der Waals surface area (Å²) in [4.78, 5) is 14.3. The molecule has 0 amide bonds. The van der Waals surface area contributed by atoms with Crippen LogP contribution in [0.5, 0.6) is 0 Å². The van der Waals surface area contributed by atoms with E-state index in [9.17, 15) is 10.1 Å². The Bertz CT molecular complexity index is 474. The first-order chi connectivity index (χ1) is 9.43. The van der Waals surface area contributed by atoms with E-state index in [4.69, 9.17) is 0 Å². The molecular formula is C14H23IN4O2. The van der Waals surface area contributed by atoms with Crippen molar-refractivity contribution in [2.75, 3.05) is 7.05 Å². The number of nitro groups is 1. The minimum atomic E-state index is -0.401. The third-order valence-electron chi connectivity index (χ3n) is 3.20. The van der Waals surface area contributed by atoms with Crippen molar-refractivity contribution < 1.29 is 4.92 Å². The van der Waals surface area contributed by atoms with Crippen molar-refractivity contribution in [3.63, 3.8) is 0 Å². The molecule has 118 valence electrons. The highest BCUT2D eigenvalue weighted by atomic mass is 127. The zero-order valence-electron chi connectivity index (χ0n) is 12.8. The van der Waals surface area contributed by atoms with Gasteiger partial charge in [-0.15, -0.1) is 24.0 Å². The molecule has 0 aliphatic heterocycles. The van der Waals surface area contributed by atoms with Crippen molar-refractivity contribution in [1.82, 2.24) is 10.6 Å². The van der Waals surface area contributed by atoms with Gasteiger partial charge in [-0.2, -0.15) is 0 Å². The zero-order chi connectivity index (χ0) is 15.1. The Morgan fingerprint density at radius 2 is 1.86 bits per heavy atom. The van der Waals surface area contributed by atoms with Gasteiger partial charge in [-0.3, -0.25) is 15.1 Å². The summed E-state index contributed by atoms with van der Waals surface area (Å²) in [6.45, 7) is 6.95. The summed E-state index contributed by atoms with van der Waals surface area (Å²) >= 11 is 0. The van der Waals surface area contributed by atoms with Crippen molar-refractivity contribution in [3.05, 3.63) is 39.9 Å². The molecule has 1 atom stereocenters. The van der Waals surface area contributed by atoms with Gasteiger partial charge in [-0.1, -0.05) is 26.0 Å². The Kier molecular flexibility index (Phi) is 8.91. The molecule has 1 aromatic carbocycles. The summed E-state index contributed by atoms with van der Waals surface area (Å²) < 4.78 is 0. The van der Waals surface area contributed by atoms with Gasteiger partial charge in [0.05, 0.1) is 4.92 Å². The first-order valence-electron chi connectivity index (χ1n) is 6.64. The van der Waals surface area contributed by atoms with Gasteiger partial charge in [0, 0.05) is 31.8 Å². The quantitative estimate of drug-likeness (QED) is 0.259. The summed E-state index contributed by atoms with van der Waals surface area (Å²) in [6.07, 6.45) is 0. The second-order valence-corrected chi connectivity index (χ2v) is 5.03. The van der Waals surface area contributed by atoms with Crippen LogP contribution in [0.1, 0.15) is 26.3 Å². The third-order valence-corrected chi connectivity index (χ3v) is 3.20. The Balaban J connectivity index is 0.00000400. The van der Waals surface area contributed by atoms with Gasteiger partial charge in [-0.25, -0.2) is 0 Å². The minimum absolute atomic E-state index is 0. The first-order valence-corrected chi connectivity index (χ1v) is 6.64. The topological polar surface area (TPSA) is 79.6 Å². The lowest BCUT2D eigenvalue weighted by Crippen LogP contribution is -2.43. The molecule has 0 heterocycles. The van der Waals surface area contributed by atoms with Crippen LogP contribution in [0.3, 0.4) is 0 Å². The first kappa shape index (κ1) is 19.6. The molecule has 7 heteroatoms. The second-order valence-electron chi connectivity index (χ2n) is 5.03. The smallest absolute Gasteiger partial charge is 0.269 e. The molecule has 0 radical (unpaired) electrons.